The maximum Gasteiger partial charge on any atom is 1.00 e. The number of aromatic carboxylic acids is 1. The molecular weight excluding hydrogens is 573 g/mol. The predicted molar refractivity (Wildman–Crippen MR) is 157 cm³/mol. The number of para-hydroxylation sites is 1. The normalized spacial score (nSPS) is 17.0. The van der Waals surface area contributed by atoms with Gasteiger partial charge in [-0.3, -0.25) is 9.59 Å². The van der Waals surface area contributed by atoms with Gasteiger partial charge in [-0.1, -0.05) is 18.2 Å². The Balaban J connectivity index is 0.00000200. The first-order chi connectivity index (χ1) is 20.7. The van der Waals surface area contributed by atoms with E-state index in [9.17, 15) is 24.7 Å². The van der Waals surface area contributed by atoms with Crippen LogP contribution in [-0.4, -0.2) is 58.5 Å². The molecule has 4 heterocycles. The van der Waals surface area contributed by atoms with Crippen molar-refractivity contribution in [1.29, 1.82) is 0 Å². The van der Waals surface area contributed by atoms with Crippen LogP contribution >= 0.6 is 0 Å². The number of carboxylic acids is 1. The Labute approximate surface area is 277 Å². The van der Waals surface area contributed by atoms with Gasteiger partial charge in [0.25, 0.3) is 5.91 Å². The zero-order valence-corrected chi connectivity index (χ0v) is 26.5. The number of ketones is 1. The molecule has 0 atom stereocenters. The van der Waals surface area contributed by atoms with E-state index in [0.717, 1.165) is 35.5 Å². The third kappa shape index (κ3) is 5.42. The molecule has 1 N–H and O–H groups in total. The molecular formula is C33H30N3NaO7. The van der Waals surface area contributed by atoms with E-state index in [4.69, 9.17) is 14.5 Å². The van der Waals surface area contributed by atoms with Gasteiger partial charge in [0.15, 0.2) is 18.2 Å². The summed E-state index contributed by atoms with van der Waals surface area (Å²) in [4.78, 5) is 45.0. The number of hydrogen-bond donors (Lipinski definition) is 1. The van der Waals surface area contributed by atoms with E-state index in [-0.39, 0.29) is 54.7 Å². The number of nitrogens with zero attached hydrogens (tertiary/aromatic N) is 3. The maximum absolute atomic E-state index is 13.6. The standard InChI is InChI=1S/C33H29N3O7.Na.H/c1-42-29-15-26(34-30-23(19-5-6-19)3-2-4-24(29)30)31(38)35-11-9-33(10-12-35)16-27(37)25-14-20(7-8-28(25)43-33)21-13-22(32(39)40)18-36(41)17-21;;/h2-4,7-8,13-15,17-19H,5-6,9-12,16H2,1H3,(H,39,40);;/q;+1;-1. The fraction of sp³-hybridized carbons (Fsp3) is 0.303. The van der Waals surface area contributed by atoms with Crippen LogP contribution in [-0.2, 0) is 0 Å². The number of fused-ring (bicyclic) bond motifs is 2. The second-order valence-corrected chi connectivity index (χ2v) is 11.6. The van der Waals surface area contributed by atoms with Crippen molar-refractivity contribution < 1.29 is 64.7 Å². The minimum atomic E-state index is -1.21. The first-order valence-corrected chi connectivity index (χ1v) is 14.3. The Morgan fingerprint density at radius 2 is 1.89 bits per heavy atom. The van der Waals surface area contributed by atoms with Crippen LogP contribution in [0, 0.1) is 5.21 Å². The smallest absolute Gasteiger partial charge is 1.00 e. The molecule has 3 aliphatic rings. The Morgan fingerprint density at radius 1 is 1.11 bits per heavy atom. The minimum absolute atomic E-state index is 0. The Hall–Kier alpha value is -3.99. The fourth-order valence-corrected chi connectivity index (χ4v) is 6.30. The van der Waals surface area contributed by atoms with Crippen LogP contribution in [0.2, 0.25) is 0 Å². The van der Waals surface area contributed by atoms with E-state index in [1.54, 1.807) is 36.3 Å². The zero-order valence-electron chi connectivity index (χ0n) is 25.5. The third-order valence-electron chi connectivity index (χ3n) is 8.76. The summed E-state index contributed by atoms with van der Waals surface area (Å²) in [6.07, 6.45) is 5.63. The van der Waals surface area contributed by atoms with Gasteiger partial charge in [0.2, 0.25) is 0 Å². The number of pyridine rings is 2. The van der Waals surface area contributed by atoms with Crippen LogP contribution in [0.3, 0.4) is 0 Å². The van der Waals surface area contributed by atoms with Crippen molar-refractivity contribution in [1.82, 2.24) is 9.88 Å². The van der Waals surface area contributed by atoms with E-state index in [2.05, 4.69) is 6.07 Å². The van der Waals surface area contributed by atoms with Gasteiger partial charge in [-0.25, -0.2) is 9.78 Å². The maximum atomic E-state index is 13.6. The van der Waals surface area contributed by atoms with E-state index in [1.165, 1.54) is 12.3 Å². The Morgan fingerprint density at radius 3 is 2.59 bits per heavy atom. The van der Waals surface area contributed by atoms with Crippen molar-refractivity contribution in [3.63, 3.8) is 0 Å². The quantitative estimate of drug-likeness (QED) is 0.208. The number of carbonyl (C=O) groups excluding carboxylic acids is 2. The Kier molecular flexibility index (Phi) is 7.85. The van der Waals surface area contributed by atoms with E-state index in [1.807, 2.05) is 12.1 Å². The molecule has 1 saturated carbocycles. The zero-order chi connectivity index (χ0) is 29.9. The van der Waals surface area contributed by atoms with Crippen molar-refractivity contribution in [2.24, 2.45) is 0 Å². The summed E-state index contributed by atoms with van der Waals surface area (Å²) in [5.41, 5.74) is 2.77. The number of Topliss-reactive ketones (excluding diaryl/α,β-unsaturated/α-hetero) is 1. The van der Waals surface area contributed by atoms with Gasteiger partial charge >= 0.3 is 35.5 Å². The van der Waals surface area contributed by atoms with Crippen molar-refractivity contribution in [2.75, 3.05) is 20.2 Å². The second kappa shape index (κ2) is 11.5. The summed E-state index contributed by atoms with van der Waals surface area (Å²) in [5, 5.41) is 22.2. The summed E-state index contributed by atoms with van der Waals surface area (Å²) in [6, 6.07) is 14.2. The Bertz CT molecular complexity index is 1840. The van der Waals surface area contributed by atoms with Crippen molar-refractivity contribution >= 4 is 28.6 Å². The molecule has 11 heteroatoms. The number of carbonyl (C=O) groups is 3. The molecule has 4 aromatic rings. The van der Waals surface area contributed by atoms with Gasteiger partial charge in [0, 0.05) is 42.9 Å². The van der Waals surface area contributed by atoms with Crippen LogP contribution in [0.1, 0.15) is 76.2 Å². The van der Waals surface area contributed by atoms with Gasteiger partial charge in [0.1, 0.15) is 28.4 Å². The predicted octanol–water partition coefficient (Wildman–Crippen LogP) is 1.88. The van der Waals surface area contributed by atoms with Gasteiger partial charge in [-0.2, -0.15) is 4.73 Å². The molecule has 2 aromatic carbocycles. The molecule has 10 nitrogen and oxygen atoms in total. The first-order valence-electron chi connectivity index (χ1n) is 14.3. The largest absolute Gasteiger partial charge is 1.00 e. The third-order valence-corrected chi connectivity index (χ3v) is 8.76. The SMILES string of the molecule is COc1cc(C(=O)N2CCC3(CC2)CC(=O)c2cc(-c4cc(C(=O)O)c[n+]([O-])c4)ccc2O3)nc2c(C3CC3)cccc12.[H-].[Na+]. The number of hydrogen-bond acceptors (Lipinski definition) is 7. The number of rotatable bonds is 5. The van der Waals surface area contributed by atoms with Gasteiger partial charge in [0.05, 0.1) is 24.6 Å². The van der Waals surface area contributed by atoms with Crippen LogP contribution in [0.5, 0.6) is 11.5 Å². The minimum Gasteiger partial charge on any atom is -1.00 e. The fourth-order valence-electron chi connectivity index (χ4n) is 6.30. The second-order valence-electron chi connectivity index (χ2n) is 11.6. The number of aromatic nitrogens is 2. The van der Waals surface area contributed by atoms with Crippen LogP contribution in [0.4, 0.5) is 0 Å². The molecule has 1 aliphatic carbocycles. The number of benzene rings is 2. The number of amides is 1. The number of piperidine rings is 1. The van der Waals surface area contributed by atoms with Crippen molar-refractivity contribution in [3.8, 4) is 22.6 Å². The molecule has 1 spiro atoms. The summed E-state index contributed by atoms with van der Waals surface area (Å²) in [6.45, 7) is 0.828. The van der Waals surface area contributed by atoms with Crippen molar-refractivity contribution in [3.05, 3.63) is 88.5 Å². The molecule has 220 valence electrons. The first kappa shape index (κ1) is 30.1. The van der Waals surface area contributed by atoms with Gasteiger partial charge < -0.3 is 26.1 Å². The molecule has 1 amide bonds. The molecule has 0 radical (unpaired) electrons. The molecule has 7 rings (SSSR count). The number of likely N-dealkylation sites (tertiary alicyclic amines) is 1. The van der Waals surface area contributed by atoms with Gasteiger partial charge in [-0.15, -0.1) is 0 Å². The van der Waals surface area contributed by atoms with Crippen LogP contribution in [0.25, 0.3) is 22.0 Å². The molecule has 44 heavy (non-hydrogen) atoms. The molecule has 0 unspecified atom stereocenters. The average molecular weight is 604 g/mol. The molecule has 2 aliphatic heterocycles. The summed E-state index contributed by atoms with van der Waals surface area (Å²) >= 11 is 0. The summed E-state index contributed by atoms with van der Waals surface area (Å²) in [5.74, 6) is 0.0555. The summed E-state index contributed by atoms with van der Waals surface area (Å²) in [7, 11) is 1.60. The van der Waals surface area contributed by atoms with Crippen molar-refractivity contribution in [2.45, 2.75) is 43.6 Å². The van der Waals surface area contributed by atoms with Crippen LogP contribution < -0.4 is 43.8 Å². The average Bonchev–Trinajstić information content (AvgIpc) is 3.85. The monoisotopic (exact) mass is 603 g/mol. The van der Waals surface area contributed by atoms with Gasteiger partial charge in [-0.05, 0) is 54.2 Å². The van der Waals surface area contributed by atoms with Crippen LogP contribution in [0.15, 0.2) is 60.9 Å². The van der Waals surface area contributed by atoms with E-state index < -0.39 is 11.6 Å². The molecule has 0 bridgehead atoms. The number of ether oxygens (including phenoxy) is 2. The number of methoxy groups -OCH3 is 1. The van der Waals surface area contributed by atoms with E-state index in [0.29, 0.717) is 70.5 Å². The molecule has 2 fully saturated rings. The summed E-state index contributed by atoms with van der Waals surface area (Å²) < 4.78 is 12.5. The van der Waals surface area contributed by atoms with E-state index >= 15 is 0 Å². The molecule has 1 saturated heterocycles. The molecule has 2 aromatic heterocycles. The number of carboxylic acid groups (broad SMARTS) is 1. The topological polar surface area (TPSA) is 133 Å².